The molecule has 1 aromatic carbocycles. The monoisotopic (exact) mass is 215 g/mol. The highest BCUT2D eigenvalue weighted by Crippen LogP contribution is 2.40. The van der Waals surface area contributed by atoms with Gasteiger partial charge in [0.05, 0.1) is 11.5 Å². The fourth-order valence-corrected chi connectivity index (χ4v) is 2.03. The summed E-state index contributed by atoms with van der Waals surface area (Å²) in [4.78, 5) is 0. The number of benzene rings is 1. The van der Waals surface area contributed by atoms with Crippen LogP contribution < -0.4 is 0 Å². The van der Waals surface area contributed by atoms with E-state index in [2.05, 4.69) is 18.2 Å². The van der Waals surface area contributed by atoms with E-state index in [0.717, 1.165) is 11.5 Å². The van der Waals surface area contributed by atoms with Gasteiger partial charge in [-0.25, -0.2) is 0 Å². The number of nitrogens with zero attached hydrogens (tertiary/aromatic N) is 1. The lowest BCUT2D eigenvalue weighted by molar-refractivity contribution is 0.264. The van der Waals surface area contributed by atoms with Crippen LogP contribution in [0, 0.1) is 11.3 Å². The van der Waals surface area contributed by atoms with Gasteiger partial charge in [0.1, 0.15) is 0 Å². The van der Waals surface area contributed by atoms with Crippen LogP contribution >= 0.6 is 0 Å². The van der Waals surface area contributed by atoms with Gasteiger partial charge in [-0.1, -0.05) is 24.3 Å². The Kier molecular flexibility index (Phi) is 2.98. The summed E-state index contributed by atoms with van der Waals surface area (Å²) in [6, 6.07) is 10.6. The fraction of sp³-hybridized carbons (Fsp3) is 0.500. The largest absolute Gasteiger partial charge is 0.396 e. The van der Waals surface area contributed by atoms with Gasteiger partial charge in [0.2, 0.25) is 0 Å². The predicted molar refractivity (Wildman–Crippen MR) is 63.1 cm³/mol. The average Bonchev–Trinajstić information content (AvgIpc) is 3.13. The predicted octanol–water partition coefficient (Wildman–Crippen LogP) is 2.73. The normalized spacial score (nSPS) is 18.8. The number of aliphatic hydroxyl groups is 1. The van der Waals surface area contributed by atoms with Crippen molar-refractivity contribution in [3.05, 3.63) is 35.4 Å². The Morgan fingerprint density at radius 2 is 2.00 bits per heavy atom. The first kappa shape index (κ1) is 11.2. The molecule has 0 saturated heterocycles. The topological polar surface area (TPSA) is 44.0 Å². The van der Waals surface area contributed by atoms with Crippen molar-refractivity contribution in [3.63, 3.8) is 0 Å². The molecule has 2 heteroatoms. The SMILES string of the molecule is CC(C#N)(CCO)c1ccc(C2CC2)cc1. The molecule has 1 aromatic rings. The second kappa shape index (κ2) is 4.27. The van der Waals surface area contributed by atoms with Gasteiger partial charge in [0.25, 0.3) is 0 Å². The third kappa shape index (κ3) is 2.10. The lowest BCUT2D eigenvalue weighted by Gasteiger charge is -2.21. The molecular weight excluding hydrogens is 198 g/mol. The van der Waals surface area contributed by atoms with E-state index in [-0.39, 0.29) is 6.61 Å². The van der Waals surface area contributed by atoms with Gasteiger partial charge < -0.3 is 5.11 Å². The van der Waals surface area contributed by atoms with E-state index in [4.69, 9.17) is 5.11 Å². The van der Waals surface area contributed by atoms with Crippen LogP contribution in [0.15, 0.2) is 24.3 Å². The van der Waals surface area contributed by atoms with E-state index in [9.17, 15) is 5.26 Å². The van der Waals surface area contributed by atoms with Gasteiger partial charge in [-0.15, -0.1) is 0 Å². The van der Waals surface area contributed by atoms with Crippen molar-refractivity contribution in [2.45, 2.75) is 37.5 Å². The molecule has 1 unspecified atom stereocenters. The molecule has 84 valence electrons. The second-order valence-corrected chi connectivity index (χ2v) is 4.81. The minimum absolute atomic E-state index is 0.0500. The molecule has 2 nitrogen and oxygen atoms in total. The number of aliphatic hydroxyl groups excluding tert-OH is 1. The zero-order chi connectivity index (χ0) is 11.6. The maximum atomic E-state index is 9.20. The van der Waals surface area contributed by atoms with E-state index in [1.807, 2.05) is 19.1 Å². The molecular formula is C14H17NO. The Morgan fingerprint density at radius 3 is 2.44 bits per heavy atom. The van der Waals surface area contributed by atoms with Crippen molar-refractivity contribution in [2.24, 2.45) is 0 Å². The molecule has 1 aliphatic carbocycles. The highest BCUT2D eigenvalue weighted by molar-refractivity contribution is 5.35. The highest BCUT2D eigenvalue weighted by Gasteiger charge is 2.27. The molecule has 1 fully saturated rings. The van der Waals surface area contributed by atoms with Gasteiger partial charge in [-0.05, 0) is 43.2 Å². The summed E-state index contributed by atoms with van der Waals surface area (Å²) < 4.78 is 0. The lowest BCUT2D eigenvalue weighted by atomic mass is 9.81. The minimum Gasteiger partial charge on any atom is -0.396 e. The van der Waals surface area contributed by atoms with Crippen molar-refractivity contribution in [1.29, 1.82) is 5.26 Å². The Morgan fingerprint density at radius 1 is 1.38 bits per heavy atom. The summed E-state index contributed by atoms with van der Waals surface area (Å²) >= 11 is 0. The van der Waals surface area contributed by atoms with Crippen LogP contribution in [0.4, 0.5) is 0 Å². The zero-order valence-corrected chi connectivity index (χ0v) is 9.61. The van der Waals surface area contributed by atoms with Crippen molar-refractivity contribution < 1.29 is 5.11 Å². The maximum absolute atomic E-state index is 9.20. The van der Waals surface area contributed by atoms with Crippen LogP contribution in [0.25, 0.3) is 0 Å². The Labute approximate surface area is 96.5 Å². The summed E-state index contributed by atoms with van der Waals surface area (Å²) in [6.45, 7) is 1.93. The summed E-state index contributed by atoms with van der Waals surface area (Å²) in [6.07, 6.45) is 3.09. The Hall–Kier alpha value is -1.33. The van der Waals surface area contributed by atoms with Gasteiger partial charge in [0.15, 0.2) is 0 Å². The maximum Gasteiger partial charge on any atom is 0.0816 e. The van der Waals surface area contributed by atoms with Gasteiger partial charge in [-0.3, -0.25) is 0 Å². The van der Waals surface area contributed by atoms with E-state index in [0.29, 0.717) is 6.42 Å². The number of hydrogen-bond acceptors (Lipinski definition) is 2. The van der Waals surface area contributed by atoms with Crippen molar-refractivity contribution in [2.75, 3.05) is 6.61 Å². The molecule has 1 saturated carbocycles. The third-order valence-corrected chi connectivity index (χ3v) is 3.46. The van der Waals surface area contributed by atoms with E-state index in [1.165, 1.54) is 18.4 Å². The molecule has 1 atom stereocenters. The van der Waals surface area contributed by atoms with E-state index >= 15 is 0 Å². The summed E-state index contributed by atoms with van der Waals surface area (Å²) in [5, 5.41) is 18.2. The van der Waals surface area contributed by atoms with Crippen LogP contribution in [-0.2, 0) is 5.41 Å². The standard InChI is InChI=1S/C14H17NO/c1-14(10-15,8-9-16)13-6-4-12(5-7-13)11-2-3-11/h4-7,11,16H,2-3,8-9H2,1H3. The molecule has 0 amide bonds. The van der Waals surface area contributed by atoms with E-state index < -0.39 is 5.41 Å². The summed E-state index contributed by atoms with van der Waals surface area (Å²) in [7, 11) is 0. The smallest absolute Gasteiger partial charge is 0.0816 e. The zero-order valence-electron chi connectivity index (χ0n) is 9.61. The lowest BCUT2D eigenvalue weighted by Crippen LogP contribution is -2.21. The second-order valence-electron chi connectivity index (χ2n) is 4.81. The Bertz CT molecular complexity index is 400. The number of nitriles is 1. The first-order valence-corrected chi connectivity index (χ1v) is 5.82. The molecule has 16 heavy (non-hydrogen) atoms. The van der Waals surface area contributed by atoms with Crippen molar-refractivity contribution in [1.82, 2.24) is 0 Å². The Balaban J connectivity index is 2.22. The van der Waals surface area contributed by atoms with E-state index in [1.54, 1.807) is 0 Å². The molecule has 1 aliphatic rings. The molecule has 2 rings (SSSR count). The number of rotatable bonds is 4. The van der Waals surface area contributed by atoms with Gasteiger partial charge in [-0.2, -0.15) is 5.26 Å². The summed E-state index contributed by atoms with van der Waals surface area (Å²) in [5.41, 5.74) is 1.83. The molecule has 0 spiro atoms. The van der Waals surface area contributed by atoms with Crippen LogP contribution in [0.2, 0.25) is 0 Å². The quantitative estimate of drug-likeness (QED) is 0.839. The fourth-order valence-electron chi connectivity index (χ4n) is 2.03. The van der Waals surface area contributed by atoms with Crippen LogP contribution in [0.1, 0.15) is 43.2 Å². The van der Waals surface area contributed by atoms with Crippen molar-refractivity contribution in [3.8, 4) is 6.07 Å². The summed E-state index contributed by atoms with van der Waals surface area (Å²) in [5.74, 6) is 0.750. The van der Waals surface area contributed by atoms with Crippen molar-refractivity contribution >= 4 is 0 Å². The minimum atomic E-state index is -0.559. The van der Waals surface area contributed by atoms with Crippen LogP contribution in [0.3, 0.4) is 0 Å². The van der Waals surface area contributed by atoms with Gasteiger partial charge >= 0.3 is 0 Å². The third-order valence-electron chi connectivity index (χ3n) is 3.46. The van der Waals surface area contributed by atoms with Crippen LogP contribution in [0.5, 0.6) is 0 Å². The molecule has 0 bridgehead atoms. The number of hydrogen-bond donors (Lipinski definition) is 1. The highest BCUT2D eigenvalue weighted by atomic mass is 16.3. The van der Waals surface area contributed by atoms with Crippen LogP contribution in [-0.4, -0.2) is 11.7 Å². The average molecular weight is 215 g/mol. The van der Waals surface area contributed by atoms with Gasteiger partial charge in [0, 0.05) is 6.61 Å². The molecule has 0 aromatic heterocycles. The molecule has 0 aliphatic heterocycles. The molecule has 0 heterocycles. The molecule has 0 radical (unpaired) electrons. The first-order chi connectivity index (χ1) is 7.69. The first-order valence-electron chi connectivity index (χ1n) is 5.82. The molecule has 1 N–H and O–H groups in total.